The minimum Gasteiger partial charge on any atom is -0.334 e. The van der Waals surface area contributed by atoms with Crippen LogP contribution < -0.4 is 5.32 Å². The second-order valence-electron chi connectivity index (χ2n) is 3.46. The molecule has 5 heteroatoms. The molecule has 1 aliphatic rings. The highest BCUT2D eigenvalue weighted by molar-refractivity contribution is 7.54. The Morgan fingerprint density at radius 3 is 2.36 bits per heavy atom. The van der Waals surface area contributed by atoms with Crippen LogP contribution in [0.4, 0.5) is 0 Å². The fraction of sp³-hybridized carbons (Fsp3) is 1.00. The van der Waals surface area contributed by atoms with Gasteiger partial charge in [-0.2, -0.15) is 0 Å². The number of piperidine rings is 1. The third-order valence-electron chi connectivity index (χ3n) is 2.42. The zero-order valence-electron chi connectivity index (χ0n) is 9.07. The Balaban J connectivity index is 2.59. The third kappa shape index (κ3) is 3.06. The van der Waals surface area contributed by atoms with E-state index in [1.165, 1.54) is 6.42 Å². The van der Waals surface area contributed by atoms with Crippen molar-refractivity contribution in [1.29, 1.82) is 0 Å². The van der Waals surface area contributed by atoms with Crippen molar-refractivity contribution in [2.24, 2.45) is 0 Å². The third-order valence-corrected chi connectivity index (χ3v) is 4.93. The normalized spacial score (nSPS) is 23.7. The first-order valence-electron chi connectivity index (χ1n) is 5.45. The second kappa shape index (κ2) is 5.86. The predicted octanol–water partition coefficient (Wildman–Crippen LogP) is 1.33. The smallest absolute Gasteiger partial charge is 0.334 e. The summed E-state index contributed by atoms with van der Waals surface area (Å²) in [7, 11) is -2.85. The molecule has 0 radical (unpaired) electrons. The summed E-state index contributed by atoms with van der Waals surface area (Å²) >= 11 is 0. The van der Waals surface area contributed by atoms with Gasteiger partial charge in [-0.25, -0.2) is 0 Å². The molecule has 1 heterocycles. The predicted molar refractivity (Wildman–Crippen MR) is 55.3 cm³/mol. The van der Waals surface area contributed by atoms with E-state index in [0.29, 0.717) is 13.2 Å². The largest absolute Gasteiger partial charge is 0.387 e. The molecule has 4 nitrogen and oxygen atoms in total. The van der Waals surface area contributed by atoms with Gasteiger partial charge in [0.05, 0.1) is 19.8 Å². The van der Waals surface area contributed by atoms with Gasteiger partial charge in [-0.3, -0.25) is 4.57 Å². The number of hydrogen-bond donors (Lipinski definition) is 1. The first-order valence-corrected chi connectivity index (χ1v) is 7.06. The molecule has 0 aromatic rings. The average molecular weight is 222 g/mol. The van der Waals surface area contributed by atoms with E-state index in [-0.39, 0.29) is 5.78 Å². The van der Waals surface area contributed by atoms with Crippen LogP contribution in [0.5, 0.6) is 0 Å². The molecule has 0 saturated carbocycles. The zero-order valence-corrected chi connectivity index (χ0v) is 9.96. The first kappa shape index (κ1) is 12.2. The minimum absolute atomic E-state index is 0.0242. The molecule has 84 valence electrons. The Bertz CT molecular complexity index is 194. The lowest BCUT2D eigenvalue weighted by atomic mass is 10.2. The molecule has 1 aliphatic heterocycles. The Labute approximate surface area is 85.9 Å². The van der Waals surface area contributed by atoms with E-state index in [9.17, 15) is 4.57 Å². The van der Waals surface area contributed by atoms with Crippen molar-refractivity contribution in [3.05, 3.63) is 0 Å². The van der Waals surface area contributed by atoms with Crippen LogP contribution in [0.15, 0.2) is 0 Å². The summed E-state index contributed by atoms with van der Waals surface area (Å²) in [4.78, 5) is 0. The molecule has 0 aromatic heterocycles. The van der Waals surface area contributed by atoms with E-state index in [2.05, 4.69) is 5.32 Å². The van der Waals surface area contributed by atoms with Crippen LogP contribution in [0, 0.1) is 0 Å². The van der Waals surface area contributed by atoms with Gasteiger partial charge in [-0.15, -0.1) is 0 Å². The number of quaternary nitrogens is 1. The molecule has 1 atom stereocenters. The lowest BCUT2D eigenvalue weighted by molar-refractivity contribution is -0.679. The van der Waals surface area contributed by atoms with Crippen molar-refractivity contribution < 1.29 is 18.9 Å². The standard InChI is InChI=1S/C9H20NO3P/c1-3-12-14(11,13-4-2)9-7-5-6-8-10-9/h9-10H,3-8H2,1-2H3/p+1/t9-/m0/s1. The van der Waals surface area contributed by atoms with Gasteiger partial charge in [0, 0.05) is 6.42 Å². The molecule has 2 N–H and O–H groups in total. The Morgan fingerprint density at radius 1 is 1.29 bits per heavy atom. The Kier molecular flexibility index (Phi) is 5.10. The SMILES string of the molecule is CCOP(=O)(OCC)[C@H]1CCCC[NH2+]1. The van der Waals surface area contributed by atoms with Gasteiger partial charge in [-0.05, 0) is 26.7 Å². The molecule has 0 aromatic carbocycles. The van der Waals surface area contributed by atoms with Crippen molar-refractivity contribution >= 4 is 7.60 Å². The number of hydrogen-bond acceptors (Lipinski definition) is 3. The maximum Gasteiger partial charge on any atom is 0.387 e. The zero-order chi connectivity index (χ0) is 10.4. The highest BCUT2D eigenvalue weighted by atomic mass is 31.2. The van der Waals surface area contributed by atoms with Gasteiger partial charge >= 0.3 is 7.60 Å². The molecule has 0 spiro atoms. The topological polar surface area (TPSA) is 52.1 Å². The molecule has 0 unspecified atom stereocenters. The van der Waals surface area contributed by atoms with Gasteiger partial charge in [0.2, 0.25) is 0 Å². The number of nitrogens with two attached hydrogens (primary N) is 1. The minimum atomic E-state index is -2.85. The maximum atomic E-state index is 12.3. The van der Waals surface area contributed by atoms with Crippen LogP contribution >= 0.6 is 7.60 Å². The summed E-state index contributed by atoms with van der Waals surface area (Å²) in [6, 6.07) is 0. The summed E-state index contributed by atoms with van der Waals surface area (Å²) < 4.78 is 22.9. The van der Waals surface area contributed by atoms with Crippen molar-refractivity contribution in [2.45, 2.75) is 38.9 Å². The monoisotopic (exact) mass is 222 g/mol. The molecular weight excluding hydrogens is 201 g/mol. The first-order chi connectivity index (χ1) is 6.73. The van der Waals surface area contributed by atoms with E-state index in [1.54, 1.807) is 0 Å². The fourth-order valence-corrected chi connectivity index (χ4v) is 3.89. The van der Waals surface area contributed by atoms with Gasteiger partial charge in [0.25, 0.3) is 0 Å². The van der Waals surface area contributed by atoms with E-state index < -0.39 is 7.60 Å². The summed E-state index contributed by atoms with van der Waals surface area (Å²) in [6.45, 7) is 5.67. The van der Waals surface area contributed by atoms with Crippen molar-refractivity contribution in [3.8, 4) is 0 Å². The molecule has 0 amide bonds. The lowest BCUT2D eigenvalue weighted by Gasteiger charge is -2.26. The maximum absolute atomic E-state index is 12.3. The molecule has 1 fully saturated rings. The summed E-state index contributed by atoms with van der Waals surface area (Å²) in [5.41, 5.74) is 0. The molecule has 0 bridgehead atoms. The van der Waals surface area contributed by atoms with E-state index >= 15 is 0 Å². The van der Waals surface area contributed by atoms with Crippen LogP contribution in [0.3, 0.4) is 0 Å². The van der Waals surface area contributed by atoms with Gasteiger partial charge < -0.3 is 14.4 Å². The second-order valence-corrected chi connectivity index (χ2v) is 5.72. The highest BCUT2D eigenvalue weighted by Gasteiger charge is 2.39. The molecule has 1 rings (SSSR count). The van der Waals surface area contributed by atoms with Crippen LogP contribution in [-0.4, -0.2) is 25.5 Å². The fourth-order valence-electron chi connectivity index (χ4n) is 1.80. The quantitative estimate of drug-likeness (QED) is 0.714. The molecule has 0 aliphatic carbocycles. The van der Waals surface area contributed by atoms with Crippen LogP contribution in [0.2, 0.25) is 0 Å². The molecule has 14 heavy (non-hydrogen) atoms. The summed E-state index contributed by atoms with van der Waals surface area (Å²) in [6.07, 6.45) is 3.28. The number of rotatable bonds is 5. The van der Waals surface area contributed by atoms with Crippen molar-refractivity contribution in [2.75, 3.05) is 19.8 Å². The van der Waals surface area contributed by atoms with Gasteiger partial charge in [0.1, 0.15) is 0 Å². The molecular formula is C9H21NO3P+. The van der Waals surface area contributed by atoms with Crippen molar-refractivity contribution in [3.63, 3.8) is 0 Å². The van der Waals surface area contributed by atoms with Crippen LogP contribution in [0.25, 0.3) is 0 Å². The lowest BCUT2D eigenvalue weighted by Crippen LogP contribution is -2.91. The average Bonchev–Trinajstić information content (AvgIpc) is 2.20. The van der Waals surface area contributed by atoms with E-state index in [0.717, 1.165) is 19.4 Å². The molecule has 1 saturated heterocycles. The summed E-state index contributed by atoms with van der Waals surface area (Å²) in [5.74, 6) is 0.0242. The Morgan fingerprint density at radius 2 is 1.93 bits per heavy atom. The Hall–Kier alpha value is 0.110. The van der Waals surface area contributed by atoms with Crippen LogP contribution in [-0.2, 0) is 13.6 Å². The van der Waals surface area contributed by atoms with Gasteiger partial charge in [-0.1, -0.05) is 0 Å². The van der Waals surface area contributed by atoms with Crippen molar-refractivity contribution in [1.82, 2.24) is 0 Å². The highest BCUT2D eigenvalue weighted by Crippen LogP contribution is 2.52. The van der Waals surface area contributed by atoms with E-state index in [1.807, 2.05) is 13.8 Å². The summed E-state index contributed by atoms with van der Waals surface area (Å²) in [5, 5.41) is 2.11. The van der Waals surface area contributed by atoms with E-state index in [4.69, 9.17) is 9.05 Å². The van der Waals surface area contributed by atoms with Crippen LogP contribution in [0.1, 0.15) is 33.1 Å². The van der Waals surface area contributed by atoms with Gasteiger partial charge in [0.15, 0.2) is 5.78 Å².